The lowest BCUT2D eigenvalue weighted by Crippen LogP contribution is -2.12. The van der Waals surface area contributed by atoms with Gasteiger partial charge in [0, 0.05) is 31.4 Å². The maximum atomic E-state index is 12.0. The Morgan fingerprint density at radius 3 is 2.22 bits per heavy atom. The first kappa shape index (κ1) is 22.7. The molecule has 0 spiro atoms. The molecule has 0 saturated carbocycles. The van der Waals surface area contributed by atoms with Crippen LogP contribution in [0.3, 0.4) is 0 Å². The van der Waals surface area contributed by atoms with Gasteiger partial charge in [0.05, 0.1) is 6.42 Å². The molecule has 1 aromatic carbocycles. The topological polar surface area (TPSA) is 80.3 Å². The first-order valence-electron chi connectivity index (χ1n) is 9.71. The Bertz CT molecular complexity index is 649. The van der Waals surface area contributed by atoms with Gasteiger partial charge in [-0.3, -0.25) is 19.2 Å². The number of nitrogens with one attached hydrogen (secondary N) is 1. The van der Waals surface area contributed by atoms with Gasteiger partial charge in [-0.15, -0.1) is 0 Å². The number of Topliss-reactive ketones (excluding diaryl/α,β-unsaturated/α-hetero) is 3. The summed E-state index contributed by atoms with van der Waals surface area (Å²) in [5.41, 5.74) is 1.69. The molecule has 1 N–H and O–H groups in total. The first-order valence-corrected chi connectivity index (χ1v) is 9.71. The highest BCUT2D eigenvalue weighted by Crippen LogP contribution is 2.14. The average molecular weight is 373 g/mol. The summed E-state index contributed by atoms with van der Waals surface area (Å²) in [6, 6.07) is 7.34. The second kappa shape index (κ2) is 12.2. The summed E-state index contributed by atoms with van der Waals surface area (Å²) in [6.07, 6.45) is 3.85. The first-order chi connectivity index (χ1) is 12.8. The molecular weight excluding hydrogens is 342 g/mol. The third kappa shape index (κ3) is 10.4. The molecule has 0 aromatic heterocycles. The highest BCUT2D eigenvalue weighted by molar-refractivity contribution is 5.98. The Morgan fingerprint density at radius 1 is 0.963 bits per heavy atom. The van der Waals surface area contributed by atoms with E-state index in [1.54, 1.807) is 12.1 Å². The van der Waals surface area contributed by atoms with Crippen molar-refractivity contribution in [1.82, 2.24) is 0 Å². The van der Waals surface area contributed by atoms with Crippen molar-refractivity contribution in [3.8, 4) is 0 Å². The van der Waals surface area contributed by atoms with Gasteiger partial charge in [0.25, 0.3) is 0 Å². The van der Waals surface area contributed by atoms with E-state index in [1.807, 2.05) is 12.1 Å². The molecule has 0 fully saturated rings. The highest BCUT2D eigenvalue weighted by atomic mass is 16.2. The lowest BCUT2D eigenvalue weighted by Gasteiger charge is -2.08. The minimum absolute atomic E-state index is 0.00595. The van der Waals surface area contributed by atoms with Gasteiger partial charge in [0.2, 0.25) is 5.91 Å². The van der Waals surface area contributed by atoms with Gasteiger partial charge in [-0.2, -0.15) is 0 Å². The Kier molecular flexibility index (Phi) is 10.2. The molecule has 5 nitrogen and oxygen atoms in total. The normalized spacial score (nSPS) is 11.7. The predicted molar refractivity (Wildman–Crippen MR) is 107 cm³/mol. The molecule has 5 heteroatoms. The van der Waals surface area contributed by atoms with Crippen LogP contribution in [0.5, 0.6) is 0 Å². The van der Waals surface area contributed by atoms with Crippen molar-refractivity contribution in [3.05, 3.63) is 29.8 Å². The monoisotopic (exact) mass is 373 g/mol. The molecule has 0 radical (unpaired) electrons. The number of carbonyl (C=O) groups is 4. The molecule has 0 aliphatic carbocycles. The van der Waals surface area contributed by atoms with Gasteiger partial charge in [-0.1, -0.05) is 32.4 Å². The van der Waals surface area contributed by atoms with Crippen LogP contribution in [0.25, 0.3) is 0 Å². The third-order valence-electron chi connectivity index (χ3n) is 4.51. The van der Waals surface area contributed by atoms with E-state index in [0.717, 1.165) is 12.0 Å². The molecule has 1 amide bonds. The van der Waals surface area contributed by atoms with Crippen LogP contribution in [0.2, 0.25) is 0 Å². The molecule has 0 aliphatic rings. The van der Waals surface area contributed by atoms with Crippen molar-refractivity contribution in [2.75, 3.05) is 5.32 Å². The quantitative estimate of drug-likeness (QED) is 0.523. The van der Waals surface area contributed by atoms with Crippen LogP contribution in [-0.4, -0.2) is 23.3 Å². The summed E-state index contributed by atoms with van der Waals surface area (Å²) < 4.78 is 0. The van der Waals surface area contributed by atoms with Gasteiger partial charge < -0.3 is 5.32 Å². The van der Waals surface area contributed by atoms with Gasteiger partial charge >= 0.3 is 0 Å². The molecule has 0 saturated heterocycles. The Balaban J connectivity index is 2.31. The number of anilines is 1. The van der Waals surface area contributed by atoms with Crippen LogP contribution in [0.4, 0.5) is 5.69 Å². The number of benzene rings is 1. The fourth-order valence-electron chi connectivity index (χ4n) is 2.71. The van der Waals surface area contributed by atoms with Gasteiger partial charge in [-0.25, -0.2) is 0 Å². The molecule has 1 unspecified atom stereocenters. The smallest absolute Gasteiger partial charge is 0.224 e. The number of aryl methyl sites for hydroxylation is 1. The minimum Gasteiger partial charge on any atom is -0.326 e. The van der Waals surface area contributed by atoms with Gasteiger partial charge in [0.15, 0.2) is 0 Å². The largest absolute Gasteiger partial charge is 0.326 e. The standard InChI is InChI=1S/C22H31NO4/c1-4-16(2)14-20(25)6-5-7-22(27)23-19-11-8-18(9-12-19)10-13-21(26)15-17(3)24/h8-9,11-12,16H,4-7,10,13-15H2,1-3H3,(H,23,27). The second-order valence-electron chi connectivity index (χ2n) is 7.27. The minimum atomic E-state index is -0.111. The maximum absolute atomic E-state index is 12.0. The van der Waals surface area contributed by atoms with E-state index in [4.69, 9.17) is 0 Å². The third-order valence-corrected chi connectivity index (χ3v) is 4.51. The second-order valence-corrected chi connectivity index (χ2v) is 7.27. The molecule has 27 heavy (non-hydrogen) atoms. The highest BCUT2D eigenvalue weighted by Gasteiger charge is 2.09. The van der Waals surface area contributed by atoms with Crippen molar-refractivity contribution in [3.63, 3.8) is 0 Å². The van der Waals surface area contributed by atoms with Crippen LogP contribution in [0.15, 0.2) is 24.3 Å². The number of ketones is 3. The Morgan fingerprint density at radius 2 is 1.63 bits per heavy atom. The van der Waals surface area contributed by atoms with Crippen LogP contribution < -0.4 is 5.32 Å². The Labute approximate surface area is 161 Å². The van der Waals surface area contributed by atoms with Crippen molar-refractivity contribution >= 4 is 28.9 Å². The summed E-state index contributed by atoms with van der Waals surface area (Å²) in [7, 11) is 0. The van der Waals surface area contributed by atoms with E-state index in [-0.39, 0.29) is 29.7 Å². The number of carbonyl (C=O) groups excluding carboxylic acids is 4. The van der Waals surface area contributed by atoms with Crippen molar-refractivity contribution in [2.24, 2.45) is 5.92 Å². The lowest BCUT2D eigenvalue weighted by molar-refractivity contribution is -0.126. The zero-order valence-electron chi connectivity index (χ0n) is 16.7. The summed E-state index contributed by atoms with van der Waals surface area (Å²) in [5.74, 6) is 0.363. The van der Waals surface area contributed by atoms with Crippen molar-refractivity contribution in [1.29, 1.82) is 0 Å². The van der Waals surface area contributed by atoms with E-state index < -0.39 is 0 Å². The van der Waals surface area contributed by atoms with Gasteiger partial charge in [0.1, 0.15) is 17.3 Å². The SMILES string of the molecule is CCC(C)CC(=O)CCCC(=O)Nc1ccc(CCC(=O)CC(C)=O)cc1. The van der Waals surface area contributed by atoms with Crippen LogP contribution >= 0.6 is 0 Å². The van der Waals surface area contributed by atoms with Crippen molar-refractivity contribution in [2.45, 2.75) is 72.1 Å². The molecule has 148 valence electrons. The van der Waals surface area contributed by atoms with E-state index in [1.165, 1.54) is 6.92 Å². The summed E-state index contributed by atoms with van der Waals surface area (Å²) in [4.78, 5) is 46.2. The average Bonchev–Trinajstić information content (AvgIpc) is 2.60. The molecule has 1 aromatic rings. The number of hydrogen-bond acceptors (Lipinski definition) is 4. The fraction of sp³-hybridized carbons (Fsp3) is 0.545. The summed E-state index contributed by atoms with van der Waals surface area (Å²) in [6.45, 7) is 5.55. The number of amides is 1. The summed E-state index contributed by atoms with van der Waals surface area (Å²) >= 11 is 0. The van der Waals surface area contributed by atoms with Crippen LogP contribution in [0.1, 0.15) is 71.3 Å². The van der Waals surface area contributed by atoms with E-state index in [2.05, 4.69) is 19.2 Å². The fourth-order valence-corrected chi connectivity index (χ4v) is 2.71. The van der Waals surface area contributed by atoms with Gasteiger partial charge in [-0.05, 0) is 43.4 Å². The number of hydrogen-bond donors (Lipinski definition) is 1. The zero-order chi connectivity index (χ0) is 20.2. The molecule has 1 rings (SSSR count). The molecule has 1 atom stereocenters. The zero-order valence-corrected chi connectivity index (χ0v) is 16.7. The van der Waals surface area contributed by atoms with Crippen LogP contribution in [-0.2, 0) is 25.6 Å². The van der Waals surface area contributed by atoms with Crippen LogP contribution in [0, 0.1) is 5.92 Å². The lowest BCUT2D eigenvalue weighted by atomic mass is 9.99. The number of rotatable bonds is 13. The molecule has 0 aliphatic heterocycles. The summed E-state index contributed by atoms with van der Waals surface area (Å²) in [5, 5.41) is 2.82. The van der Waals surface area contributed by atoms with Crippen molar-refractivity contribution < 1.29 is 19.2 Å². The Hall–Kier alpha value is -2.30. The van der Waals surface area contributed by atoms with E-state index >= 15 is 0 Å². The van der Waals surface area contributed by atoms with E-state index in [0.29, 0.717) is 50.1 Å². The molecule has 0 heterocycles. The molecule has 0 bridgehead atoms. The van der Waals surface area contributed by atoms with E-state index in [9.17, 15) is 19.2 Å². The maximum Gasteiger partial charge on any atom is 0.224 e. The predicted octanol–water partition coefficient (Wildman–Crippen LogP) is 4.28. The molecular formula is C22H31NO4.